The van der Waals surface area contributed by atoms with Crippen LogP contribution in [-0.4, -0.2) is 16.1 Å². The maximum Gasteiger partial charge on any atom is 0.336 e. The van der Waals surface area contributed by atoms with Gasteiger partial charge in [0, 0.05) is 16.8 Å². The van der Waals surface area contributed by atoms with Crippen molar-refractivity contribution < 1.29 is 19.0 Å². The summed E-state index contributed by atoms with van der Waals surface area (Å²) in [5.74, 6) is -1.41. The molecule has 20 heavy (non-hydrogen) atoms. The third-order valence-corrected chi connectivity index (χ3v) is 2.89. The lowest BCUT2D eigenvalue weighted by molar-refractivity contribution is 0.0693. The van der Waals surface area contributed by atoms with Crippen molar-refractivity contribution >= 4 is 5.97 Å². The van der Waals surface area contributed by atoms with Crippen molar-refractivity contribution in [3.63, 3.8) is 0 Å². The SMILES string of the molecule is Cc1ccc(C)c(OCc2c(F)cccc2C(=O)O)n1. The molecule has 0 bridgehead atoms. The van der Waals surface area contributed by atoms with Crippen molar-refractivity contribution in [1.29, 1.82) is 0 Å². The van der Waals surface area contributed by atoms with E-state index in [1.165, 1.54) is 18.2 Å². The fourth-order valence-electron chi connectivity index (χ4n) is 1.79. The fourth-order valence-corrected chi connectivity index (χ4v) is 1.79. The lowest BCUT2D eigenvalue weighted by Crippen LogP contribution is -2.09. The number of carbonyl (C=O) groups is 1. The summed E-state index contributed by atoms with van der Waals surface area (Å²) < 4.78 is 19.2. The van der Waals surface area contributed by atoms with Crippen molar-refractivity contribution in [2.24, 2.45) is 0 Å². The summed E-state index contributed by atoms with van der Waals surface area (Å²) in [5.41, 5.74) is 1.50. The zero-order valence-electron chi connectivity index (χ0n) is 11.2. The Bertz CT molecular complexity index is 656. The van der Waals surface area contributed by atoms with E-state index in [2.05, 4.69) is 4.98 Å². The Balaban J connectivity index is 2.27. The van der Waals surface area contributed by atoms with Gasteiger partial charge in [-0.25, -0.2) is 14.2 Å². The summed E-state index contributed by atoms with van der Waals surface area (Å²) >= 11 is 0. The van der Waals surface area contributed by atoms with Gasteiger partial charge < -0.3 is 9.84 Å². The molecule has 0 spiro atoms. The molecule has 1 aromatic heterocycles. The maximum atomic E-state index is 13.7. The van der Waals surface area contributed by atoms with E-state index >= 15 is 0 Å². The molecule has 0 radical (unpaired) electrons. The summed E-state index contributed by atoms with van der Waals surface area (Å²) in [6.07, 6.45) is 0. The molecule has 0 aliphatic carbocycles. The number of aromatic nitrogens is 1. The Morgan fingerprint density at radius 2 is 2.05 bits per heavy atom. The largest absolute Gasteiger partial charge is 0.478 e. The lowest BCUT2D eigenvalue weighted by Gasteiger charge is -2.11. The number of carboxylic acid groups (broad SMARTS) is 1. The third kappa shape index (κ3) is 2.93. The molecule has 4 nitrogen and oxygen atoms in total. The zero-order valence-corrected chi connectivity index (χ0v) is 11.2. The number of rotatable bonds is 4. The Morgan fingerprint density at radius 1 is 1.30 bits per heavy atom. The molecule has 2 rings (SSSR count). The summed E-state index contributed by atoms with van der Waals surface area (Å²) in [6.45, 7) is 3.46. The number of carboxylic acids is 1. The van der Waals surface area contributed by atoms with Crippen LogP contribution < -0.4 is 4.74 Å². The van der Waals surface area contributed by atoms with Crippen LogP contribution in [0.5, 0.6) is 5.88 Å². The van der Waals surface area contributed by atoms with Crippen LogP contribution in [0.3, 0.4) is 0 Å². The molecule has 1 aromatic carbocycles. The van der Waals surface area contributed by atoms with Crippen LogP contribution in [0.4, 0.5) is 4.39 Å². The van der Waals surface area contributed by atoms with Gasteiger partial charge in [0.25, 0.3) is 0 Å². The first-order chi connectivity index (χ1) is 9.49. The molecule has 0 saturated carbocycles. The molecular formula is C15H14FNO3. The highest BCUT2D eigenvalue weighted by Gasteiger charge is 2.15. The molecule has 0 unspecified atom stereocenters. The second kappa shape index (κ2) is 5.69. The van der Waals surface area contributed by atoms with Crippen LogP contribution in [0.25, 0.3) is 0 Å². The number of ether oxygens (including phenoxy) is 1. The van der Waals surface area contributed by atoms with E-state index in [9.17, 15) is 9.18 Å². The number of hydrogen-bond acceptors (Lipinski definition) is 3. The summed E-state index contributed by atoms with van der Waals surface area (Å²) in [4.78, 5) is 15.3. The zero-order chi connectivity index (χ0) is 14.7. The maximum absolute atomic E-state index is 13.7. The van der Waals surface area contributed by atoms with Gasteiger partial charge in [0.1, 0.15) is 12.4 Å². The predicted molar refractivity (Wildman–Crippen MR) is 71.4 cm³/mol. The minimum Gasteiger partial charge on any atom is -0.478 e. The Morgan fingerprint density at radius 3 is 2.75 bits per heavy atom. The Kier molecular flexibility index (Phi) is 3.98. The molecule has 0 saturated heterocycles. The van der Waals surface area contributed by atoms with Crippen molar-refractivity contribution in [2.45, 2.75) is 20.5 Å². The number of pyridine rings is 1. The number of aromatic carboxylic acids is 1. The van der Waals surface area contributed by atoms with Crippen LogP contribution in [0.2, 0.25) is 0 Å². The second-order valence-corrected chi connectivity index (χ2v) is 4.43. The van der Waals surface area contributed by atoms with Crippen LogP contribution >= 0.6 is 0 Å². The van der Waals surface area contributed by atoms with Gasteiger partial charge in [-0.05, 0) is 32.0 Å². The fraction of sp³-hybridized carbons (Fsp3) is 0.200. The highest BCUT2D eigenvalue weighted by atomic mass is 19.1. The summed E-state index contributed by atoms with van der Waals surface area (Å²) in [5, 5.41) is 9.05. The molecule has 0 fully saturated rings. The number of benzene rings is 1. The van der Waals surface area contributed by atoms with Gasteiger partial charge in [-0.15, -0.1) is 0 Å². The average Bonchev–Trinajstić information content (AvgIpc) is 2.40. The minimum absolute atomic E-state index is 0.0164. The monoisotopic (exact) mass is 275 g/mol. The quantitative estimate of drug-likeness (QED) is 0.931. The topological polar surface area (TPSA) is 59.4 Å². The highest BCUT2D eigenvalue weighted by molar-refractivity contribution is 5.89. The van der Waals surface area contributed by atoms with Gasteiger partial charge in [-0.3, -0.25) is 0 Å². The molecule has 0 amide bonds. The second-order valence-electron chi connectivity index (χ2n) is 4.43. The van der Waals surface area contributed by atoms with Crippen molar-refractivity contribution in [3.8, 4) is 5.88 Å². The smallest absolute Gasteiger partial charge is 0.336 e. The van der Waals surface area contributed by atoms with Gasteiger partial charge in [0.2, 0.25) is 5.88 Å². The van der Waals surface area contributed by atoms with E-state index in [1.807, 2.05) is 26.0 Å². The predicted octanol–water partition coefficient (Wildman–Crippen LogP) is 3.11. The van der Waals surface area contributed by atoms with E-state index in [4.69, 9.17) is 9.84 Å². The van der Waals surface area contributed by atoms with Crippen LogP contribution in [0.1, 0.15) is 27.2 Å². The average molecular weight is 275 g/mol. The molecule has 0 aliphatic rings. The number of hydrogen-bond donors (Lipinski definition) is 1. The van der Waals surface area contributed by atoms with Crippen LogP contribution in [0, 0.1) is 19.7 Å². The van der Waals surface area contributed by atoms with Crippen molar-refractivity contribution in [3.05, 3.63) is 58.5 Å². The molecular weight excluding hydrogens is 261 g/mol. The third-order valence-electron chi connectivity index (χ3n) is 2.89. The molecule has 0 aliphatic heterocycles. The minimum atomic E-state index is -1.18. The highest BCUT2D eigenvalue weighted by Crippen LogP contribution is 2.19. The van der Waals surface area contributed by atoms with Gasteiger partial charge in [-0.2, -0.15) is 0 Å². The number of aryl methyl sites for hydroxylation is 2. The van der Waals surface area contributed by atoms with Crippen molar-refractivity contribution in [1.82, 2.24) is 4.98 Å². The van der Waals surface area contributed by atoms with E-state index in [0.29, 0.717) is 5.88 Å². The summed E-state index contributed by atoms with van der Waals surface area (Å²) in [6, 6.07) is 7.60. The Labute approximate surface area is 115 Å². The summed E-state index contributed by atoms with van der Waals surface area (Å²) in [7, 11) is 0. The van der Waals surface area contributed by atoms with E-state index < -0.39 is 11.8 Å². The first-order valence-electron chi connectivity index (χ1n) is 6.06. The molecule has 0 atom stereocenters. The molecule has 1 N–H and O–H groups in total. The number of halogens is 1. The number of nitrogens with zero attached hydrogens (tertiary/aromatic N) is 1. The van der Waals surface area contributed by atoms with Gasteiger partial charge in [-0.1, -0.05) is 12.1 Å². The van der Waals surface area contributed by atoms with E-state index in [1.54, 1.807) is 0 Å². The van der Waals surface area contributed by atoms with E-state index in [0.717, 1.165) is 11.3 Å². The van der Waals surface area contributed by atoms with Crippen molar-refractivity contribution in [2.75, 3.05) is 0 Å². The van der Waals surface area contributed by atoms with Crippen LogP contribution in [0.15, 0.2) is 30.3 Å². The molecule has 5 heteroatoms. The van der Waals surface area contributed by atoms with Gasteiger partial charge in [0.15, 0.2) is 0 Å². The lowest BCUT2D eigenvalue weighted by atomic mass is 10.1. The first-order valence-corrected chi connectivity index (χ1v) is 6.06. The molecule has 1 heterocycles. The Hall–Kier alpha value is -2.43. The molecule has 2 aromatic rings. The normalized spacial score (nSPS) is 10.3. The van der Waals surface area contributed by atoms with E-state index in [-0.39, 0.29) is 17.7 Å². The van der Waals surface area contributed by atoms with Crippen LogP contribution in [-0.2, 0) is 6.61 Å². The first kappa shape index (κ1) is 14.0. The molecule has 104 valence electrons. The van der Waals surface area contributed by atoms with Gasteiger partial charge >= 0.3 is 5.97 Å². The standard InChI is InChI=1S/C15H14FNO3/c1-9-6-7-10(2)17-14(9)20-8-12-11(15(18)19)4-3-5-13(12)16/h3-7H,8H2,1-2H3,(H,18,19). The van der Waals surface area contributed by atoms with Gasteiger partial charge in [0.05, 0.1) is 5.56 Å².